The van der Waals surface area contributed by atoms with Crippen LogP contribution in [0.15, 0.2) is 30.3 Å². The third-order valence-electron chi connectivity index (χ3n) is 3.37. The maximum absolute atomic E-state index is 11.3. The van der Waals surface area contributed by atoms with Crippen LogP contribution >= 0.6 is 0 Å². The Kier molecular flexibility index (Phi) is 4.88. The highest BCUT2D eigenvalue weighted by Gasteiger charge is 2.23. The van der Waals surface area contributed by atoms with Gasteiger partial charge >= 0.3 is 0 Å². The summed E-state index contributed by atoms with van der Waals surface area (Å²) in [6.07, 6.45) is 0.804. The van der Waals surface area contributed by atoms with Crippen molar-refractivity contribution < 1.29 is 23.7 Å². The number of carbonyl (C=O) groups excluding carboxylic acids is 1. The highest BCUT2D eigenvalue weighted by Crippen LogP contribution is 2.50. The molecule has 0 bridgehead atoms. The summed E-state index contributed by atoms with van der Waals surface area (Å²) in [4.78, 5) is 11.3. The molecule has 0 aliphatic heterocycles. The van der Waals surface area contributed by atoms with Gasteiger partial charge in [-0.25, -0.2) is 0 Å². The average Bonchev–Trinajstić information content (AvgIpc) is 2.59. The van der Waals surface area contributed by atoms with Gasteiger partial charge in [0.1, 0.15) is 0 Å². The molecule has 22 heavy (non-hydrogen) atoms. The van der Waals surface area contributed by atoms with Crippen molar-refractivity contribution in [1.82, 2.24) is 0 Å². The molecular weight excluding hydrogens is 284 g/mol. The van der Waals surface area contributed by atoms with Crippen molar-refractivity contribution in [2.45, 2.75) is 0 Å². The SMILES string of the molecule is COc1cc(-c2ccccc2C=O)c(OC)c(OC)c1OC. The van der Waals surface area contributed by atoms with E-state index in [9.17, 15) is 4.79 Å². The molecule has 5 nitrogen and oxygen atoms in total. The number of rotatable bonds is 6. The van der Waals surface area contributed by atoms with Gasteiger partial charge in [-0.3, -0.25) is 4.79 Å². The number of aldehydes is 1. The molecule has 0 saturated carbocycles. The molecule has 0 aromatic heterocycles. The largest absolute Gasteiger partial charge is 0.493 e. The minimum Gasteiger partial charge on any atom is -0.493 e. The van der Waals surface area contributed by atoms with Crippen molar-refractivity contribution in [3.05, 3.63) is 35.9 Å². The quantitative estimate of drug-likeness (QED) is 0.767. The third kappa shape index (κ3) is 2.57. The van der Waals surface area contributed by atoms with Crippen LogP contribution in [0, 0.1) is 0 Å². The fourth-order valence-electron chi connectivity index (χ4n) is 2.38. The summed E-state index contributed by atoms with van der Waals surface area (Å²) in [6.45, 7) is 0. The molecular formula is C17H18O5. The van der Waals surface area contributed by atoms with E-state index in [1.165, 1.54) is 21.3 Å². The molecule has 5 heteroatoms. The first kappa shape index (κ1) is 15.7. The molecule has 2 aromatic carbocycles. The van der Waals surface area contributed by atoms with Crippen molar-refractivity contribution in [1.29, 1.82) is 0 Å². The van der Waals surface area contributed by atoms with Crippen molar-refractivity contribution >= 4 is 6.29 Å². The zero-order valence-electron chi connectivity index (χ0n) is 13.0. The fraction of sp³-hybridized carbons (Fsp3) is 0.235. The van der Waals surface area contributed by atoms with Gasteiger partial charge in [0.2, 0.25) is 11.5 Å². The maximum atomic E-state index is 11.3. The van der Waals surface area contributed by atoms with E-state index in [0.29, 0.717) is 34.1 Å². The van der Waals surface area contributed by atoms with Crippen molar-refractivity contribution in [3.8, 4) is 34.1 Å². The van der Waals surface area contributed by atoms with E-state index in [0.717, 1.165) is 11.8 Å². The van der Waals surface area contributed by atoms with Crippen LogP contribution < -0.4 is 18.9 Å². The molecule has 116 valence electrons. The van der Waals surface area contributed by atoms with E-state index in [2.05, 4.69) is 0 Å². The van der Waals surface area contributed by atoms with Crippen LogP contribution in [0.5, 0.6) is 23.0 Å². The summed E-state index contributed by atoms with van der Waals surface area (Å²) in [7, 11) is 6.13. The first-order chi connectivity index (χ1) is 10.7. The lowest BCUT2D eigenvalue weighted by molar-refractivity contribution is 0.112. The zero-order chi connectivity index (χ0) is 16.1. The third-order valence-corrected chi connectivity index (χ3v) is 3.37. The lowest BCUT2D eigenvalue weighted by atomic mass is 9.98. The Morgan fingerprint density at radius 1 is 0.773 bits per heavy atom. The first-order valence-electron chi connectivity index (χ1n) is 6.63. The molecule has 0 saturated heterocycles. The number of benzene rings is 2. The monoisotopic (exact) mass is 302 g/mol. The van der Waals surface area contributed by atoms with Gasteiger partial charge in [0, 0.05) is 11.1 Å². The van der Waals surface area contributed by atoms with Gasteiger partial charge in [-0.05, 0) is 11.6 Å². The van der Waals surface area contributed by atoms with E-state index in [1.807, 2.05) is 12.1 Å². The fourth-order valence-corrected chi connectivity index (χ4v) is 2.38. The molecule has 0 N–H and O–H groups in total. The summed E-state index contributed by atoms with van der Waals surface area (Å²) in [5, 5.41) is 0. The Morgan fingerprint density at radius 3 is 1.95 bits per heavy atom. The summed E-state index contributed by atoms with van der Waals surface area (Å²) in [5.41, 5.74) is 1.98. The van der Waals surface area contributed by atoms with Crippen LogP contribution in [0.1, 0.15) is 10.4 Å². The number of hydrogen-bond acceptors (Lipinski definition) is 5. The predicted molar refractivity (Wildman–Crippen MR) is 83.5 cm³/mol. The summed E-state index contributed by atoms with van der Waals surface area (Å²) in [5.74, 6) is 1.83. The molecule has 0 radical (unpaired) electrons. The number of methoxy groups -OCH3 is 4. The normalized spacial score (nSPS) is 10.0. The van der Waals surface area contributed by atoms with Crippen LogP contribution in [0.2, 0.25) is 0 Å². The molecule has 0 atom stereocenters. The molecule has 0 aliphatic carbocycles. The van der Waals surface area contributed by atoms with E-state index in [4.69, 9.17) is 18.9 Å². The zero-order valence-corrected chi connectivity index (χ0v) is 13.0. The van der Waals surface area contributed by atoms with Gasteiger partial charge in [-0.1, -0.05) is 24.3 Å². The average molecular weight is 302 g/mol. The highest BCUT2D eigenvalue weighted by molar-refractivity contribution is 5.91. The minimum absolute atomic E-state index is 0.417. The van der Waals surface area contributed by atoms with Gasteiger partial charge in [-0.15, -0.1) is 0 Å². The lowest BCUT2D eigenvalue weighted by Crippen LogP contribution is -2.00. The minimum atomic E-state index is 0.417. The van der Waals surface area contributed by atoms with Gasteiger partial charge in [0.15, 0.2) is 17.8 Å². The van der Waals surface area contributed by atoms with Gasteiger partial charge in [-0.2, -0.15) is 0 Å². The van der Waals surface area contributed by atoms with E-state index in [1.54, 1.807) is 25.3 Å². The lowest BCUT2D eigenvalue weighted by Gasteiger charge is -2.19. The van der Waals surface area contributed by atoms with E-state index < -0.39 is 0 Å². The van der Waals surface area contributed by atoms with Crippen molar-refractivity contribution in [3.63, 3.8) is 0 Å². The van der Waals surface area contributed by atoms with Crippen LogP contribution in [0.4, 0.5) is 0 Å². The maximum Gasteiger partial charge on any atom is 0.207 e. The Bertz CT molecular complexity index is 679. The van der Waals surface area contributed by atoms with Crippen LogP contribution in [-0.2, 0) is 0 Å². The Morgan fingerprint density at radius 2 is 1.41 bits per heavy atom. The standard InChI is InChI=1S/C17H18O5/c1-19-14-9-13(12-8-6-5-7-11(12)10-18)15(20-2)17(22-4)16(14)21-3/h5-10H,1-4H3. The summed E-state index contributed by atoms with van der Waals surface area (Å²) in [6, 6.07) is 9.00. The van der Waals surface area contributed by atoms with Gasteiger partial charge < -0.3 is 18.9 Å². The Labute approximate surface area is 129 Å². The van der Waals surface area contributed by atoms with Crippen LogP contribution in [0.3, 0.4) is 0 Å². The van der Waals surface area contributed by atoms with Gasteiger partial charge in [0.05, 0.1) is 28.4 Å². The van der Waals surface area contributed by atoms with Crippen molar-refractivity contribution in [2.75, 3.05) is 28.4 Å². The molecule has 0 heterocycles. The second kappa shape index (κ2) is 6.85. The first-order valence-corrected chi connectivity index (χ1v) is 6.63. The molecule has 2 aromatic rings. The highest BCUT2D eigenvalue weighted by atomic mass is 16.5. The van der Waals surface area contributed by atoms with Crippen molar-refractivity contribution in [2.24, 2.45) is 0 Å². The number of hydrogen-bond donors (Lipinski definition) is 0. The van der Waals surface area contributed by atoms with Gasteiger partial charge in [0.25, 0.3) is 0 Å². The summed E-state index contributed by atoms with van der Waals surface area (Å²) >= 11 is 0. The number of carbonyl (C=O) groups is 1. The topological polar surface area (TPSA) is 54.0 Å². The Balaban J connectivity index is 2.83. The number of ether oxygens (including phenoxy) is 4. The Hall–Kier alpha value is -2.69. The summed E-state index contributed by atoms with van der Waals surface area (Å²) < 4.78 is 21.6. The molecule has 0 unspecified atom stereocenters. The van der Waals surface area contributed by atoms with Crippen LogP contribution in [-0.4, -0.2) is 34.7 Å². The van der Waals surface area contributed by atoms with E-state index >= 15 is 0 Å². The second-order valence-corrected chi connectivity index (χ2v) is 4.43. The molecule has 0 aliphatic rings. The van der Waals surface area contributed by atoms with E-state index in [-0.39, 0.29) is 0 Å². The second-order valence-electron chi connectivity index (χ2n) is 4.43. The van der Waals surface area contributed by atoms with Crippen LogP contribution in [0.25, 0.3) is 11.1 Å². The molecule has 2 rings (SSSR count). The predicted octanol–water partition coefficient (Wildman–Crippen LogP) is 3.20. The smallest absolute Gasteiger partial charge is 0.207 e. The molecule has 0 spiro atoms. The molecule has 0 fully saturated rings. The molecule has 0 amide bonds.